The van der Waals surface area contributed by atoms with E-state index in [1.165, 1.54) is 12.8 Å². The molecular weight excluding hydrogens is 238 g/mol. The van der Waals surface area contributed by atoms with Crippen molar-refractivity contribution in [1.82, 2.24) is 9.80 Å². The SMILES string of the molecule is CCCN(CCN(C)C)C(=O)C1CCCCCC1N. The molecule has 1 aliphatic rings. The molecule has 0 aliphatic heterocycles. The number of carbonyl (C=O) groups is 1. The zero-order valence-corrected chi connectivity index (χ0v) is 12.9. The molecule has 0 saturated heterocycles. The molecule has 0 radical (unpaired) electrons. The molecule has 1 fully saturated rings. The van der Waals surface area contributed by atoms with E-state index in [0.717, 1.165) is 45.3 Å². The van der Waals surface area contributed by atoms with Gasteiger partial charge >= 0.3 is 0 Å². The van der Waals surface area contributed by atoms with Crippen molar-refractivity contribution in [3.63, 3.8) is 0 Å². The predicted octanol–water partition coefficient (Wildman–Crippen LogP) is 1.69. The lowest BCUT2D eigenvalue weighted by Gasteiger charge is -2.30. The first kappa shape index (κ1) is 16.4. The fraction of sp³-hybridized carbons (Fsp3) is 0.933. The summed E-state index contributed by atoms with van der Waals surface area (Å²) in [6.45, 7) is 4.73. The van der Waals surface area contributed by atoms with E-state index in [0.29, 0.717) is 0 Å². The smallest absolute Gasteiger partial charge is 0.227 e. The second kappa shape index (κ2) is 8.54. The molecule has 0 aromatic carbocycles. The van der Waals surface area contributed by atoms with Crippen LogP contribution in [0.3, 0.4) is 0 Å². The van der Waals surface area contributed by atoms with Crippen LogP contribution in [0.1, 0.15) is 45.4 Å². The van der Waals surface area contributed by atoms with Gasteiger partial charge in [-0.15, -0.1) is 0 Å². The first-order valence-electron chi connectivity index (χ1n) is 7.75. The van der Waals surface area contributed by atoms with E-state index < -0.39 is 0 Å². The fourth-order valence-electron chi connectivity index (χ4n) is 2.80. The number of amides is 1. The summed E-state index contributed by atoms with van der Waals surface area (Å²) in [5.41, 5.74) is 6.21. The zero-order chi connectivity index (χ0) is 14.3. The number of nitrogens with two attached hydrogens (primary N) is 1. The van der Waals surface area contributed by atoms with Gasteiger partial charge in [0.15, 0.2) is 0 Å². The minimum atomic E-state index is 0.0520. The highest BCUT2D eigenvalue weighted by molar-refractivity contribution is 5.79. The molecule has 0 bridgehead atoms. The molecule has 1 rings (SSSR count). The maximum absolute atomic E-state index is 12.7. The Morgan fingerprint density at radius 1 is 1.11 bits per heavy atom. The molecule has 112 valence electrons. The summed E-state index contributed by atoms with van der Waals surface area (Å²) in [4.78, 5) is 16.8. The van der Waals surface area contributed by atoms with E-state index in [1.807, 2.05) is 19.0 Å². The second-order valence-corrected chi connectivity index (χ2v) is 6.04. The van der Waals surface area contributed by atoms with Crippen molar-refractivity contribution in [3.05, 3.63) is 0 Å². The zero-order valence-electron chi connectivity index (χ0n) is 12.9. The van der Waals surface area contributed by atoms with Crippen molar-refractivity contribution in [2.75, 3.05) is 33.7 Å². The number of hydrogen-bond acceptors (Lipinski definition) is 3. The molecule has 2 unspecified atom stereocenters. The first-order chi connectivity index (χ1) is 9.06. The third-order valence-corrected chi connectivity index (χ3v) is 4.01. The van der Waals surface area contributed by atoms with Gasteiger partial charge in [0.1, 0.15) is 0 Å². The van der Waals surface area contributed by atoms with Crippen molar-refractivity contribution < 1.29 is 4.79 Å². The van der Waals surface area contributed by atoms with Crippen LogP contribution in [-0.2, 0) is 4.79 Å². The lowest BCUT2D eigenvalue weighted by atomic mass is 9.94. The summed E-state index contributed by atoms with van der Waals surface area (Å²) in [6.07, 6.45) is 6.55. The summed E-state index contributed by atoms with van der Waals surface area (Å²) in [6, 6.07) is 0.0636. The minimum Gasteiger partial charge on any atom is -0.341 e. The topological polar surface area (TPSA) is 49.6 Å². The van der Waals surface area contributed by atoms with Crippen LogP contribution in [0, 0.1) is 5.92 Å². The summed E-state index contributed by atoms with van der Waals surface area (Å²) in [5.74, 6) is 0.342. The average Bonchev–Trinajstić information content (AvgIpc) is 2.58. The number of nitrogens with zero attached hydrogens (tertiary/aromatic N) is 2. The molecule has 0 heterocycles. The van der Waals surface area contributed by atoms with Crippen LogP contribution < -0.4 is 5.73 Å². The maximum atomic E-state index is 12.7. The molecule has 0 aromatic rings. The van der Waals surface area contributed by atoms with E-state index in [2.05, 4.69) is 11.8 Å². The third kappa shape index (κ3) is 5.49. The van der Waals surface area contributed by atoms with Gasteiger partial charge < -0.3 is 15.5 Å². The van der Waals surface area contributed by atoms with Gasteiger partial charge in [0.25, 0.3) is 0 Å². The van der Waals surface area contributed by atoms with Gasteiger partial charge in [-0.05, 0) is 33.4 Å². The molecular formula is C15H31N3O. The van der Waals surface area contributed by atoms with Crippen LogP contribution in [0.25, 0.3) is 0 Å². The highest BCUT2D eigenvalue weighted by Crippen LogP contribution is 2.24. The lowest BCUT2D eigenvalue weighted by molar-refractivity contribution is -0.136. The van der Waals surface area contributed by atoms with Crippen molar-refractivity contribution in [3.8, 4) is 0 Å². The van der Waals surface area contributed by atoms with Gasteiger partial charge in [-0.3, -0.25) is 4.79 Å². The highest BCUT2D eigenvalue weighted by Gasteiger charge is 2.30. The van der Waals surface area contributed by atoms with Crippen molar-refractivity contribution in [2.24, 2.45) is 11.7 Å². The molecule has 2 atom stereocenters. The minimum absolute atomic E-state index is 0.0520. The van der Waals surface area contributed by atoms with Crippen LogP contribution in [0.4, 0.5) is 0 Å². The summed E-state index contributed by atoms with van der Waals surface area (Å²) >= 11 is 0. The average molecular weight is 269 g/mol. The number of carbonyl (C=O) groups excluding carboxylic acids is 1. The molecule has 0 spiro atoms. The van der Waals surface area contributed by atoms with Gasteiger partial charge in [0.2, 0.25) is 5.91 Å². The molecule has 0 aromatic heterocycles. The van der Waals surface area contributed by atoms with E-state index in [-0.39, 0.29) is 17.9 Å². The summed E-state index contributed by atoms with van der Waals surface area (Å²) < 4.78 is 0. The fourth-order valence-corrected chi connectivity index (χ4v) is 2.80. The van der Waals surface area contributed by atoms with Gasteiger partial charge in [0.05, 0.1) is 5.92 Å². The predicted molar refractivity (Wildman–Crippen MR) is 80.0 cm³/mol. The Kier molecular flexibility index (Phi) is 7.39. The van der Waals surface area contributed by atoms with Crippen LogP contribution in [0.15, 0.2) is 0 Å². The van der Waals surface area contributed by atoms with Crippen LogP contribution in [-0.4, -0.2) is 55.5 Å². The lowest BCUT2D eigenvalue weighted by Crippen LogP contribution is -2.46. The van der Waals surface area contributed by atoms with E-state index in [9.17, 15) is 4.79 Å². The van der Waals surface area contributed by atoms with Crippen molar-refractivity contribution >= 4 is 5.91 Å². The number of likely N-dealkylation sites (N-methyl/N-ethyl adjacent to an activating group) is 1. The van der Waals surface area contributed by atoms with Gasteiger partial charge in [-0.2, -0.15) is 0 Å². The quantitative estimate of drug-likeness (QED) is 0.747. The summed E-state index contributed by atoms with van der Waals surface area (Å²) in [5, 5.41) is 0. The van der Waals surface area contributed by atoms with Gasteiger partial charge in [-0.25, -0.2) is 0 Å². The Balaban J connectivity index is 2.62. The standard InChI is InChI=1S/C15H31N3O/c1-4-10-18(12-11-17(2)3)15(19)13-8-6-5-7-9-14(13)16/h13-14H,4-12,16H2,1-3H3. The van der Waals surface area contributed by atoms with E-state index in [4.69, 9.17) is 5.73 Å². The Labute approximate surface area is 118 Å². The second-order valence-electron chi connectivity index (χ2n) is 6.04. The Hall–Kier alpha value is -0.610. The number of hydrogen-bond donors (Lipinski definition) is 1. The molecule has 1 saturated carbocycles. The van der Waals surface area contributed by atoms with E-state index in [1.54, 1.807) is 0 Å². The van der Waals surface area contributed by atoms with Gasteiger partial charge in [-0.1, -0.05) is 26.2 Å². The Morgan fingerprint density at radius 3 is 2.42 bits per heavy atom. The van der Waals surface area contributed by atoms with Crippen molar-refractivity contribution in [2.45, 2.75) is 51.5 Å². The molecule has 4 heteroatoms. The van der Waals surface area contributed by atoms with Crippen LogP contribution in [0.2, 0.25) is 0 Å². The van der Waals surface area contributed by atoms with Gasteiger partial charge in [0, 0.05) is 25.7 Å². The molecule has 1 amide bonds. The van der Waals surface area contributed by atoms with Crippen LogP contribution >= 0.6 is 0 Å². The molecule has 4 nitrogen and oxygen atoms in total. The number of rotatable bonds is 6. The first-order valence-corrected chi connectivity index (χ1v) is 7.75. The Morgan fingerprint density at radius 2 is 1.79 bits per heavy atom. The van der Waals surface area contributed by atoms with E-state index >= 15 is 0 Å². The van der Waals surface area contributed by atoms with Crippen LogP contribution in [0.5, 0.6) is 0 Å². The highest BCUT2D eigenvalue weighted by atomic mass is 16.2. The normalized spacial score (nSPS) is 24.3. The van der Waals surface area contributed by atoms with Crippen molar-refractivity contribution in [1.29, 1.82) is 0 Å². The molecule has 19 heavy (non-hydrogen) atoms. The molecule has 1 aliphatic carbocycles. The summed E-state index contributed by atoms with van der Waals surface area (Å²) in [7, 11) is 4.10. The monoisotopic (exact) mass is 269 g/mol. The third-order valence-electron chi connectivity index (χ3n) is 4.01. The molecule has 2 N–H and O–H groups in total. The largest absolute Gasteiger partial charge is 0.341 e. The Bertz CT molecular complexity index is 268. The maximum Gasteiger partial charge on any atom is 0.227 e.